The number of rotatable bonds is 12. The van der Waals surface area contributed by atoms with E-state index in [0.717, 1.165) is 22.5 Å². The van der Waals surface area contributed by atoms with Crippen LogP contribution in [0.25, 0.3) is 0 Å². The minimum absolute atomic E-state index is 0.247. The number of nitrogens with one attached hydrogen (secondary N) is 3. The Morgan fingerprint density at radius 3 is 2.00 bits per heavy atom. The largest absolute Gasteiger partial charge is 0.490 e. The van der Waals surface area contributed by atoms with Crippen LogP contribution in [0.5, 0.6) is 11.5 Å². The number of anilines is 5. The first-order chi connectivity index (χ1) is 20.7. The van der Waals surface area contributed by atoms with Gasteiger partial charge in [0.1, 0.15) is 6.61 Å². The van der Waals surface area contributed by atoms with Crippen molar-refractivity contribution in [3.63, 3.8) is 0 Å². The van der Waals surface area contributed by atoms with Crippen molar-refractivity contribution in [3.8, 4) is 17.6 Å². The number of aromatic nitrogens is 3. The highest BCUT2D eigenvalue weighted by atomic mass is 16.5. The van der Waals surface area contributed by atoms with E-state index in [9.17, 15) is 5.26 Å². The van der Waals surface area contributed by atoms with Crippen LogP contribution in [0.4, 0.5) is 29.2 Å². The maximum Gasteiger partial charge on any atom is 0.250 e. The van der Waals surface area contributed by atoms with Gasteiger partial charge in [0, 0.05) is 16.9 Å². The molecule has 0 aliphatic carbocycles. The zero-order valence-corrected chi connectivity index (χ0v) is 22.9. The van der Waals surface area contributed by atoms with E-state index in [4.69, 9.17) is 9.47 Å². The SMILES string of the molecule is CCOc1cc(/C=N\Nc2nc(Nc3ccccc3)nc(Nc3ccccc3)n2)ccc1OCc1ccccc1C#N. The molecule has 0 aliphatic heterocycles. The average molecular weight is 557 g/mol. The van der Waals surface area contributed by atoms with Crippen LogP contribution in [-0.4, -0.2) is 27.8 Å². The fourth-order valence-electron chi connectivity index (χ4n) is 3.91. The first-order valence-corrected chi connectivity index (χ1v) is 13.3. The summed E-state index contributed by atoms with van der Waals surface area (Å²) in [5, 5.41) is 20.1. The number of nitriles is 1. The summed E-state index contributed by atoms with van der Waals surface area (Å²) in [4.78, 5) is 13.4. The van der Waals surface area contributed by atoms with Gasteiger partial charge in [0.05, 0.1) is 24.5 Å². The number of hydrazone groups is 1. The van der Waals surface area contributed by atoms with Crippen LogP contribution in [0.3, 0.4) is 0 Å². The summed E-state index contributed by atoms with van der Waals surface area (Å²) in [7, 11) is 0. The molecule has 3 N–H and O–H groups in total. The van der Waals surface area contributed by atoms with Crippen LogP contribution in [0.1, 0.15) is 23.6 Å². The van der Waals surface area contributed by atoms with E-state index in [1.807, 2.05) is 104 Å². The lowest BCUT2D eigenvalue weighted by molar-refractivity contribution is 0.269. The van der Waals surface area contributed by atoms with E-state index in [1.54, 1.807) is 12.3 Å². The van der Waals surface area contributed by atoms with Gasteiger partial charge in [-0.2, -0.15) is 25.3 Å². The van der Waals surface area contributed by atoms with Crippen LogP contribution in [-0.2, 0) is 6.61 Å². The van der Waals surface area contributed by atoms with Gasteiger partial charge in [-0.25, -0.2) is 5.43 Å². The zero-order chi connectivity index (χ0) is 29.0. The average Bonchev–Trinajstić information content (AvgIpc) is 3.02. The van der Waals surface area contributed by atoms with E-state index >= 15 is 0 Å². The van der Waals surface area contributed by atoms with Crippen molar-refractivity contribution < 1.29 is 9.47 Å². The van der Waals surface area contributed by atoms with Gasteiger partial charge in [0.2, 0.25) is 17.8 Å². The molecule has 0 radical (unpaired) electrons. The monoisotopic (exact) mass is 556 g/mol. The van der Waals surface area contributed by atoms with Crippen LogP contribution >= 0.6 is 0 Å². The fraction of sp³-hybridized carbons (Fsp3) is 0.0938. The van der Waals surface area contributed by atoms with Crippen molar-refractivity contribution in [2.45, 2.75) is 13.5 Å². The van der Waals surface area contributed by atoms with Crippen molar-refractivity contribution in [2.24, 2.45) is 5.10 Å². The number of ether oxygens (including phenoxy) is 2. The molecule has 0 saturated carbocycles. The molecule has 0 aliphatic rings. The molecule has 10 heteroatoms. The molecule has 1 heterocycles. The molecule has 5 aromatic rings. The fourth-order valence-corrected chi connectivity index (χ4v) is 3.91. The Bertz CT molecular complexity index is 1630. The van der Waals surface area contributed by atoms with E-state index in [0.29, 0.717) is 35.6 Å². The van der Waals surface area contributed by atoms with Crippen molar-refractivity contribution in [3.05, 3.63) is 120 Å². The molecular formula is C32H28N8O2. The van der Waals surface area contributed by atoms with E-state index < -0.39 is 0 Å². The molecule has 0 unspecified atom stereocenters. The first kappa shape index (κ1) is 27.6. The lowest BCUT2D eigenvalue weighted by Crippen LogP contribution is -2.07. The van der Waals surface area contributed by atoms with Gasteiger partial charge in [-0.05, 0) is 61.0 Å². The highest BCUT2D eigenvalue weighted by molar-refractivity contribution is 5.81. The van der Waals surface area contributed by atoms with E-state index in [2.05, 4.69) is 42.2 Å². The summed E-state index contributed by atoms with van der Waals surface area (Å²) in [6, 6.07) is 34.3. The zero-order valence-electron chi connectivity index (χ0n) is 22.9. The Labute approximate surface area is 243 Å². The number of benzene rings is 4. The van der Waals surface area contributed by atoms with E-state index in [1.165, 1.54) is 0 Å². The third kappa shape index (κ3) is 7.58. The Hall–Kier alpha value is -5.95. The van der Waals surface area contributed by atoms with Gasteiger partial charge in [0.25, 0.3) is 0 Å². The Morgan fingerprint density at radius 1 is 0.738 bits per heavy atom. The number of hydrogen-bond acceptors (Lipinski definition) is 10. The summed E-state index contributed by atoms with van der Waals surface area (Å²) in [6.45, 7) is 2.61. The first-order valence-electron chi connectivity index (χ1n) is 13.3. The Balaban J connectivity index is 1.32. The van der Waals surface area contributed by atoms with Gasteiger partial charge >= 0.3 is 0 Å². The third-order valence-electron chi connectivity index (χ3n) is 5.86. The van der Waals surface area contributed by atoms with Crippen LogP contribution in [0, 0.1) is 11.3 Å². The number of hydrogen-bond donors (Lipinski definition) is 3. The molecule has 0 saturated heterocycles. The molecule has 0 fully saturated rings. The van der Waals surface area contributed by atoms with E-state index in [-0.39, 0.29) is 12.6 Å². The molecule has 0 bridgehead atoms. The van der Waals surface area contributed by atoms with Gasteiger partial charge in [-0.15, -0.1) is 0 Å². The van der Waals surface area contributed by atoms with Crippen LogP contribution < -0.4 is 25.5 Å². The van der Waals surface area contributed by atoms with Crippen molar-refractivity contribution in [1.29, 1.82) is 5.26 Å². The predicted molar refractivity (Wildman–Crippen MR) is 164 cm³/mol. The van der Waals surface area contributed by atoms with Crippen molar-refractivity contribution >= 4 is 35.4 Å². The quantitative estimate of drug-likeness (QED) is 0.114. The summed E-state index contributed by atoms with van der Waals surface area (Å²) < 4.78 is 11.8. The summed E-state index contributed by atoms with van der Waals surface area (Å²) >= 11 is 0. The molecule has 0 spiro atoms. The Morgan fingerprint density at radius 2 is 1.36 bits per heavy atom. The molecule has 5 rings (SSSR count). The molecule has 0 amide bonds. The maximum absolute atomic E-state index is 9.35. The summed E-state index contributed by atoms with van der Waals surface area (Å²) in [6.07, 6.45) is 1.63. The van der Waals surface area contributed by atoms with Gasteiger partial charge in [-0.3, -0.25) is 0 Å². The molecule has 208 valence electrons. The van der Waals surface area contributed by atoms with Gasteiger partial charge in [-0.1, -0.05) is 54.6 Å². The molecule has 10 nitrogen and oxygen atoms in total. The summed E-state index contributed by atoms with van der Waals surface area (Å²) in [5.74, 6) is 2.09. The molecule has 42 heavy (non-hydrogen) atoms. The normalized spacial score (nSPS) is 10.6. The highest BCUT2D eigenvalue weighted by Crippen LogP contribution is 2.29. The standard InChI is InChI=1S/C32H28N8O2/c1-2-41-29-19-23(17-18-28(29)42-22-25-12-10-9-11-24(25)20-33)21-34-40-32-38-30(35-26-13-5-3-6-14-26)37-31(39-32)36-27-15-7-4-8-16-27/h3-19,21H,2,22H2,1H3,(H3,35,36,37,38,39,40)/b34-21-. The predicted octanol–water partition coefficient (Wildman–Crippen LogP) is 6.65. The Kier molecular flexibility index (Phi) is 9.14. The second-order valence-electron chi connectivity index (χ2n) is 8.86. The second kappa shape index (κ2) is 13.9. The van der Waals surface area contributed by atoms with Crippen LogP contribution in [0.2, 0.25) is 0 Å². The number of nitrogens with zero attached hydrogens (tertiary/aromatic N) is 5. The third-order valence-corrected chi connectivity index (χ3v) is 5.86. The molecule has 0 atom stereocenters. The minimum atomic E-state index is 0.247. The summed E-state index contributed by atoms with van der Waals surface area (Å²) in [5.41, 5.74) is 6.73. The maximum atomic E-state index is 9.35. The second-order valence-corrected chi connectivity index (χ2v) is 8.86. The lowest BCUT2D eigenvalue weighted by atomic mass is 10.1. The van der Waals surface area contributed by atoms with Gasteiger partial charge < -0.3 is 20.1 Å². The lowest BCUT2D eigenvalue weighted by Gasteiger charge is -2.13. The highest BCUT2D eigenvalue weighted by Gasteiger charge is 2.10. The smallest absolute Gasteiger partial charge is 0.250 e. The van der Waals surface area contributed by atoms with Crippen molar-refractivity contribution in [2.75, 3.05) is 22.7 Å². The minimum Gasteiger partial charge on any atom is -0.490 e. The molecular weight excluding hydrogens is 528 g/mol. The molecule has 1 aromatic heterocycles. The van der Waals surface area contributed by atoms with Gasteiger partial charge in [0.15, 0.2) is 11.5 Å². The molecule has 4 aromatic carbocycles. The van der Waals surface area contributed by atoms with Crippen LogP contribution in [0.15, 0.2) is 108 Å². The number of para-hydroxylation sites is 2. The topological polar surface area (TPSA) is 129 Å². The van der Waals surface area contributed by atoms with Crippen molar-refractivity contribution in [1.82, 2.24) is 15.0 Å².